The first-order valence-electron chi connectivity index (χ1n) is 7.09. The van der Waals surface area contributed by atoms with Gasteiger partial charge in [-0.25, -0.2) is 5.48 Å². The number of hydrogen-bond donors (Lipinski definition) is 1. The maximum absolute atomic E-state index is 5.89. The molecule has 0 radical (unpaired) electrons. The van der Waals surface area contributed by atoms with Crippen LogP contribution in [0.5, 0.6) is 0 Å². The van der Waals surface area contributed by atoms with Crippen LogP contribution in [-0.2, 0) is 4.84 Å². The Labute approximate surface area is 102 Å². The van der Waals surface area contributed by atoms with Gasteiger partial charge in [0.2, 0.25) is 0 Å². The molecule has 0 fully saturated rings. The van der Waals surface area contributed by atoms with Gasteiger partial charge in [0, 0.05) is 7.05 Å². The van der Waals surface area contributed by atoms with Crippen molar-refractivity contribution in [3.8, 4) is 0 Å². The summed E-state index contributed by atoms with van der Waals surface area (Å²) >= 11 is 0. The van der Waals surface area contributed by atoms with Crippen molar-refractivity contribution in [2.45, 2.75) is 84.2 Å². The first-order valence-corrected chi connectivity index (χ1v) is 7.09. The van der Waals surface area contributed by atoms with E-state index in [0.29, 0.717) is 0 Å². The third-order valence-electron chi connectivity index (χ3n) is 3.28. The molecule has 0 amide bonds. The van der Waals surface area contributed by atoms with E-state index >= 15 is 0 Å². The molecule has 2 nitrogen and oxygen atoms in total. The summed E-state index contributed by atoms with van der Waals surface area (Å²) in [7, 11) is 1.89. The molecule has 1 N–H and O–H groups in total. The molecule has 0 aliphatic carbocycles. The molecule has 98 valence electrons. The van der Waals surface area contributed by atoms with Crippen LogP contribution in [0, 0.1) is 0 Å². The maximum atomic E-state index is 5.89. The lowest BCUT2D eigenvalue weighted by Gasteiger charge is -2.33. The van der Waals surface area contributed by atoms with Crippen LogP contribution in [-0.4, -0.2) is 12.6 Å². The number of rotatable bonds is 11. The molecule has 0 aliphatic heterocycles. The monoisotopic (exact) mass is 229 g/mol. The van der Waals surface area contributed by atoms with E-state index in [2.05, 4.69) is 26.3 Å². The number of hydrogen-bond acceptors (Lipinski definition) is 2. The average molecular weight is 229 g/mol. The van der Waals surface area contributed by atoms with Gasteiger partial charge in [-0.15, -0.1) is 0 Å². The lowest BCUT2D eigenvalue weighted by atomic mass is 9.86. The normalized spacial score (nSPS) is 12.0. The van der Waals surface area contributed by atoms with E-state index in [1.807, 2.05) is 7.05 Å². The van der Waals surface area contributed by atoms with Crippen LogP contribution in [0.4, 0.5) is 0 Å². The van der Waals surface area contributed by atoms with E-state index in [4.69, 9.17) is 4.84 Å². The molecule has 0 rings (SSSR count). The second kappa shape index (κ2) is 10.1. The molecule has 0 atom stereocenters. The Kier molecular flexibility index (Phi) is 10.0. The molecule has 0 unspecified atom stereocenters. The Morgan fingerprint density at radius 1 is 0.812 bits per heavy atom. The second-order valence-electron chi connectivity index (χ2n) is 4.80. The molecule has 0 spiro atoms. The van der Waals surface area contributed by atoms with E-state index < -0.39 is 0 Å². The van der Waals surface area contributed by atoms with Crippen molar-refractivity contribution in [3.05, 3.63) is 0 Å². The Morgan fingerprint density at radius 3 is 1.44 bits per heavy atom. The summed E-state index contributed by atoms with van der Waals surface area (Å²) in [6.45, 7) is 6.76. The SMILES string of the molecule is CCCCC(CCCC)(CCCC)ONC. The van der Waals surface area contributed by atoms with Crippen molar-refractivity contribution >= 4 is 0 Å². The maximum Gasteiger partial charge on any atom is 0.0896 e. The Morgan fingerprint density at radius 2 is 1.19 bits per heavy atom. The van der Waals surface area contributed by atoms with Crippen molar-refractivity contribution in [2.24, 2.45) is 0 Å². The summed E-state index contributed by atoms with van der Waals surface area (Å²) in [5.41, 5.74) is 3.03. The quantitative estimate of drug-likeness (QED) is 0.529. The van der Waals surface area contributed by atoms with Crippen LogP contribution in [0.25, 0.3) is 0 Å². The minimum atomic E-state index is 0.0940. The average Bonchev–Trinajstić information content (AvgIpc) is 2.31. The molecule has 0 aromatic heterocycles. The van der Waals surface area contributed by atoms with Crippen LogP contribution in [0.1, 0.15) is 78.6 Å². The van der Waals surface area contributed by atoms with Gasteiger partial charge in [0.1, 0.15) is 0 Å². The van der Waals surface area contributed by atoms with Gasteiger partial charge in [-0.05, 0) is 19.3 Å². The molecule has 0 aromatic carbocycles. The summed E-state index contributed by atoms with van der Waals surface area (Å²) in [5.74, 6) is 0. The zero-order valence-electron chi connectivity index (χ0n) is 11.8. The van der Waals surface area contributed by atoms with Gasteiger partial charge in [-0.1, -0.05) is 59.3 Å². The highest BCUT2D eigenvalue weighted by molar-refractivity contribution is 4.80. The number of hydroxylamine groups is 1. The van der Waals surface area contributed by atoms with Gasteiger partial charge >= 0.3 is 0 Å². The predicted molar refractivity (Wildman–Crippen MR) is 71.5 cm³/mol. The molecule has 0 heterocycles. The second-order valence-corrected chi connectivity index (χ2v) is 4.80. The molecule has 2 heteroatoms. The van der Waals surface area contributed by atoms with Crippen molar-refractivity contribution in [2.75, 3.05) is 7.05 Å². The fraction of sp³-hybridized carbons (Fsp3) is 1.00. The predicted octanol–water partition coefficient (Wildman–Crippen LogP) is 4.45. The van der Waals surface area contributed by atoms with Crippen LogP contribution in [0.3, 0.4) is 0 Å². The zero-order valence-corrected chi connectivity index (χ0v) is 11.8. The molecule has 0 saturated heterocycles. The fourth-order valence-corrected chi connectivity index (χ4v) is 2.24. The summed E-state index contributed by atoms with van der Waals surface area (Å²) in [4.78, 5) is 5.89. The molecule has 0 aromatic rings. The van der Waals surface area contributed by atoms with E-state index in [1.165, 1.54) is 57.8 Å². The van der Waals surface area contributed by atoms with Gasteiger partial charge in [-0.2, -0.15) is 0 Å². The summed E-state index contributed by atoms with van der Waals surface area (Å²) < 4.78 is 0. The Bertz CT molecular complexity index is 126. The topological polar surface area (TPSA) is 21.3 Å². The van der Waals surface area contributed by atoms with E-state index in [0.717, 1.165) is 0 Å². The molecule has 0 bridgehead atoms. The summed E-state index contributed by atoms with van der Waals surface area (Å²) in [5, 5.41) is 0. The van der Waals surface area contributed by atoms with E-state index in [9.17, 15) is 0 Å². The largest absolute Gasteiger partial charge is 0.295 e. The molecule has 16 heavy (non-hydrogen) atoms. The van der Waals surface area contributed by atoms with Crippen LogP contribution in [0.2, 0.25) is 0 Å². The highest BCUT2D eigenvalue weighted by Gasteiger charge is 2.29. The standard InChI is InChI=1S/C14H31NO/c1-5-8-11-14(16-15-4,12-9-6-2)13-10-7-3/h15H,5-13H2,1-4H3. The van der Waals surface area contributed by atoms with Gasteiger partial charge < -0.3 is 0 Å². The van der Waals surface area contributed by atoms with Gasteiger partial charge in [0.15, 0.2) is 0 Å². The zero-order chi connectivity index (χ0) is 12.3. The minimum Gasteiger partial charge on any atom is -0.295 e. The van der Waals surface area contributed by atoms with Gasteiger partial charge in [0.25, 0.3) is 0 Å². The minimum absolute atomic E-state index is 0.0940. The third-order valence-corrected chi connectivity index (χ3v) is 3.28. The number of unbranched alkanes of at least 4 members (excludes halogenated alkanes) is 3. The number of nitrogens with one attached hydrogen (secondary N) is 1. The summed E-state index contributed by atoms with van der Waals surface area (Å²) in [6, 6.07) is 0. The summed E-state index contributed by atoms with van der Waals surface area (Å²) in [6.07, 6.45) is 11.2. The van der Waals surface area contributed by atoms with Crippen LogP contribution >= 0.6 is 0 Å². The van der Waals surface area contributed by atoms with Crippen LogP contribution in [0.15, 0.2) is 0 Å². The van der Waals surface area contributed by atoms with E-state index in [1.54, 1.807) is 0 Å². The molecule has 0 saturated carbocycles. The van der Waals surface area contributed by atoms with Crippen molar-refractivity contribution in [3.63, 3.8) is 0 Å². The van der Waals surface area contributed by atoms with Crippen LogP contribution < -0.4 is 5.48 Å². The first-order chi connectivity index (χ1) is 7.74. The van der Waals surface area contributed by atoms with Gasteiger partial charge in [0.05, 0.1) is 5.60 Å². The van der Waals surface area contributed by atoms with Gasteiger partial charge in [-0.3, -0.25) is 4.84 Å². The van der Waals surface area contributed by atoms with E-state index in [-0.39, 0.29) is 5.60 Å². The van der Waals surface area contributed by atoms with Crippen molar-refractivity contribution in [1.82, 2.24) is 5.48 Å². The Balaban J connectivity index is 4.32. The third kappa shape index (κ3) is 6.49. The smallest absolute Gasteiger partial charge is 0.0896 e. The van der Waals surface area contributed by atoms with Crippen molar-refractivity contribution in [1.29, 1.82) is 0 Å². The highest BCUT2D eigenvalue weighted by Crippen LogP contribution is 2.30. The molecular formula is C14H31NO. The Hall–Kier alpha value is -0.0800. The lowest BCUT2D eigenvalue weighted by molar-refractivity contribution is -0.115. The molecular weight excluding hydrogens is 198 g/mol. The fourth-order valence-electron chi connectivity index (χ4n) is 2.24. The highest BCUT2D eigenvalue weighted by atomic mass is 16.7. The lowest BCUT2D eigenvalue weighted by Crippen LogP contribution is -2.37. The first kappa shape index (κ1) is 15.9. The molecule has 0 aliphatic rings. The van der Waals surface area contributed by atoms with Crippen molar-refractivity contribution < 1.29 is 4.84 Å².